The minimum atomic E-state index is -0.148. The van der Waals surface area contributed by atoms with Crippen molar-refractivity contribution in [1.29, 1.82) is 0 Å². The normalized spacial score (nSPS) is 17.2. The van der Waals surface area contributed by atoms with Crippen LogP contribution in [-0.2, 0) is 6.42 Å². The first-order chi connectivity index (χ1) is 10.7. The van der Waals surface area contributed by atoms with Crippen molar-refractivity contribution in [3.8, 4) is 0 Å². The summed E-state index contributed by atoms with van der Waals surface area (Å²) in [6.07, 6.45) is 2.47. The van der Waals surface area contributed by atoms with E-state index in [-0.39, 0.29) is 11.9 Å². The van der Waals surface area contributed by atoms with E-state index in [4.69, 9.17) is 4.99 Å². The molecule has 1 aromatic heterocycles. The summed E-state index contributed by atoms with van der Waals surface area (Å²) in [4.78, 5) is 9.25. The van der Waals surface area contributed by atoms with Crippen LogP contribution in [0.15, 0.2) is 59.7 Å². The van der Waals surface area contributed by atoms with E-state index in [0.717, 1.165) is 33.3 Å². The van der Waals surface area contributed by atoms with Gasteiger partial charge in [0.1, 0.15) is 5.82 Å². The zero-order valence-corrected chi connectivity index (χ0v) is 12.3. The van der Waals surface area contributed by atoms with Crippen molar-refractivity contribution in [3.05, 3.63) is 77.2 Å². The van der Waals surface area contributed by atoms with Crippen LogP contribution in [0.2, 0.25) is 0 Å². The number of para-hydroxylation sites is 1. The van der Waals surface area contributed by atoms with Crippen LogP contribution in [0.1, 0.15) is 23.6 Å². The molecule has 3 aromatic rings. The second-order valence-corrected chi connectivity index (χ2v) is 5.71. The number of rotatable bonds is 1. The highest BCUT2D eigenvalue weighted by Gasteiger charge is 2.22. The monoisotopic (exact) mass is 290 g/mol. The largest absolute Gasteiger partial charge is 0.281 e. The molecule has 1 aliphatic rings. The summed E-state index contributed by atoms with van der Waals surface area (Å²) in [5, 5.41) is 1.07. The molecule has 2 aromatic carbocycles. The van der Waals surface area contributed by atoms with Gasteiger partial charge < -0.3 is 0 Å². The van der Waals surface area contributed by atoms with E-state index in [1.165, 1.54) is 6.07 Å². The minimum absolute atomic E-state index is 0.0749. The Kier molecular flexibility index (Phi) is 3.00. The van der Waals surface area contributed by atoms with Crippen LogP contribution in [0.3, 0.4) is 0 Å². The molecular formula is C19H15FN2. The number of hydrogen-bond acceptors (Lipinski definition) is 2. The van der Waals surface area contributed by atoms with Gasteiger partial charge in [-0.15, -0.1) is 0 Å². The molecule has 0 saturated carbocycles. The zero-order valence-electron chi connectivity index (χ0n) is 12.3. The van der Waals surface area contributed by atoms with E-state index < -0.39 is 0 Å². The van der Waals surface area contributed by atoms with Gasteiger partial charge in [0.25, 0.3) is 0 Å². The molecular weight excluding hydrogens is 275 g/mol. The van der Waals surface area contributed by atoms with Gasteiger partial charge >= 0.3 is 0 Å². The van der Waals surface area contributed by atoms with Crippen LogP contribution < -0.4 is 0 Å². The van der Waals surface area contributed by atoms with E-state index in [0.29, 0.717) is 6.42 Å². The van der Waals surface area contributed by atoms with E-state index in [1.807, 2.05) is 43.5 Å². The Labute approximate surface area is 128 Å². The molecule has 2 heterocycles. The van der Waals surface area contributed by atoms with Gasteiger partial charge in [0.15, 0.2) is 0 Å². The molecule has 1 aliphatic heterocycles. The van der Waals surface area contributed by atoms with Crippen molar-refractivity contribution in [2.75, 3.05) is 0 Å². The van der Waals surface area contributed by atoms with Gasteiger partial charge in [0.05, 0.1) is 17.3 Å². The van der Waals surface area contributed by atoms with Crippen molar-refractivity contribution in [2.45, 2.75) is 19.4 Å². The first-order valence-corrected chi connectivity index (χ1v) is 7.43. The Hall–Kier alpha value is -2.55. The van der Waals surface area contributed by atoms with Gasteiger partial charge in [-0.05, 0) is 37.1 Å². The van der Waals surface area contributed by atoms with Crippen molar-refractivity contribution in [1.82, 2.24) is 4.98 Å². The van der Waals surface area contributed by atoms with Crippen LogP contribution in [-0.4, -0.2) is 16.7 Å². The number of aliphatic imine (C=N–C) groups is 1. The van der Waals surface area contributed by atoms with E-state index in [9.17, 15) is 4.39 Å². The van der Waals surface area contributed by atoms with Gasteiger partial charge in [-0.3, -0.25) is 9.98 Å². The number of halogens is 1. The van der Waals surface area contributed by atoms with Crippen LogP contribution in [0.25, 0.3) is 10.9 Å². The third kappa shape index (κ3) is 2.10. The second-order valence-electron chi connectivity index (χ2n) is 5.71. The Morgan fingerprint density at radius 1 is 1.09 bits per heavy atom. The predicted octanol–water partition coefficient (Wildman–Crippen LogP) is 4.16. The number of aromatic nitrogens is 1. The summed E-state index contributed by atoms with van der Waals surface area (Å²) in [7, 11) is 0. The Bertz CT molecular complexity index is 899. The topological polar surface area (TPSA) is 25.2 Å². The highest BCUT2D eigenvalue weighted by atomic mass is 19.1. The molecule has 0 amide bonds. The summed E-state index contributed by atoms with van der Waals surface area (Å²) in [5.41, 5.74) is 4.38. The fraction of sp³-hybridized carbons (Fsp3) is 0.158. The van der Waals surface area contributed by atoms with Gasteiger partial charge in [0, 0.05) is 22.7 Å². The molecule has 1 unspecified atom stereocenters. The SMILES string of the molecule is CC1Cc2c(F)cccc2C(c2cnc3ccccc3c2)=N1. The first-order valence-electron chi connectivity index (χ1n) is 7.43. The molecule has 3 heteroatoms. The van der Waals surface area contributed by atoms with Gasteiger partial charge in [-0.1, -0.05) is 30.3 Å². The molecule has 108 valence electrons. The van der Waals surface area contributed by atoms with E-state index >= 15 is 0 Å². The van der Waals surface area contributed by atoms with Gasteiger partial charge in [0.2, 0.25) is 0 Å². The lowest BCUT2D eigenvalue weighted by molar-refractivity contribution is 0.592. The smallest absolute Gasteiger partial charge is 0.127 e. The third-order valence-corrected chi connectivity index (χ3v) is 4.09. The summed E-state index contributed by atoms with van der Waals surface area (Å²) >= 11 is 0. The number of pyridine rings is 1. The van der Waals surface area contributed by atoms with Crippen LogP contribution in [0, 0.1) is 5.82 Å². The lowest BCUT2D eigenvalue weighted by Crippen LogP contribution is -2.21. The fourth-order valence-electron chi connectivity index (χ4n) is 3.05. The Morgan fingerprint density at radius 3 is 2.86 bits per heavy atom. The average molecular weight is 290 g/mol. The Balaban J connectivity index is 1.92. The number of hydrogen-bond donors (Lipinski definition) is 0. The van der Waals surface area contributed by atoms with Gasteiger partial charge in [-0.2, -0.15) is 0 Å². The molecule has 2 nitrogen and oxygen atoms in total. The van der Waals surface area contributed by atoms with Crippen molar-refractivity contribution in [3.63, 3.8) is 0 Å². The standard InChI is InChI=1S/C19H15FN2/c1-12-9-16-15(6-4-7-17(16)20)19(22-12)14-10-13-5-2-3-8-18(13)21-11-14/h2-8,10-12H,9H2,1H3. The molecule has 0 saturated heterocycles. The highest BCUT2D eigenvalue weighted by molar-refractivity contribution is 6.15. The summed E-state index contributed by atoms with van der Waals surface area (Å²) < 4.78 is 14.1. The lowest BCUT2D eigenvalue weighted by atomic mass is 9.90. The molecule has 22 heavy (non-hydrogen) atoms. The van der Waals surface area contributed by atoms with E-state index in [1.54, 1.807) is 6.07 Å². The summed E-state index contributed by atoms with van der Waals surface area (Å²) in [6.45, 7) is 2.02. The summed E-state index contributed by atoms with van der Waals surface area (Å²) in [5.74, 6) is -0.148. The lowest BCUT2D eigenvalue weighted by Gasteiger charge is -2.21. The van der Waals surface area contributed by atoms with Crippen molar-refractivity contribution in [2.24, 2.45) is 4.99 Å². The first kappa shape index (κ1) is 13.1. The molecule has 4 rings (SSSR count). The summed E-state index contributed by atoms with van der Waals surface area (Å²) in [6, 6.07) is 15.3. The number of nitrogens with zero attached hydrogens (tertiary/aromatic N) is 2. The molecule has 0 aliphatic carbocycles. The van der Waals surface area contributed by atoms with Crippen LogP contribution in [0.5, 0.6) is 0 Å². The quantitative estimate of drug-likeness (QED) is 0.660. The van der Waals surface area contributed by atoms with Crippen molar-refractivity contribution < 1.29 is 4.39 Å². The molecule has 0 spiro atoms. The molecule has 1 atom stereocenters. The predicted molar refractivity (Wildman–Crippen MR) is 86.9 cm³/mol. The van der Waals surface area contributed by atoms with Crippen LogP contribution in [0.4, 0.5) is 4.39 Å². The highest BCUT2D eigenvalue weighted by Crippen LogP contribution is 2.26. The van der Waals surface area contributed by atoms with E-state index in [2.05, 4.69) is 11.1 Å². The fourth-order valence-corrected chi connectivity index (χ4v) is 3.05. The average Bonchev–Trinajstić information content (AvgIpc) is 2.55. The third-order valence-electron chi connectivity index (χ3n) is 4.09. The van der Waals surface area contributed by atoms with Crippen molar-refractivity contribution >= 4 is 16.6 Å². The minimum Gasteiger partial charge on any atom is -0.281 e. The second kappa shape index (κ2) is 5.02. The van der Waals surface area contributed by atoms with Gasteiger partial charge in [-0.25, -0.2) is 4.39 Å². The molecule has 0 fully saturated rings. The maximum absolute atomic E-state index is 14.1. The Morgan fingerprint density at radius 2 is 1.95 bits per heavy atom. The molecule has 0 N–H and O–H groups in total. The maximum atomic E-state index is 14.1. The van der Waals surface area contributed by atoms with Crippen LogP contribution >= 0.6 is 0 Å². The number of benzene rings is 2. The number of fused-ring (bicyclic) bond motifs is 2. The zero-order chi connectivity index (χ0) is 15.1. The molecule has 0 bridgehead atoms. The molecule has 0 radical (unpaired) electrons. The maximum Gasteiger partial charge on any atom is 0.127 e.